The first-order valence-corrected chi connectivity index (χ1v) is 20.5. The van der Waals surface area contributed by atoms with Gasteiger partial charge in [-0.05, 0) is 105 Å². The van der Waals surface area contributed by atoms with Gasteiger partial charge in [-0.3, -0.25) is 24.2 Å². The summed E-state index contributed by atoms with van der Waals surface area (Å²) in [5.74, 6) is -2.26. The number of carbonyl (C=O) groups excluding carboxylic acids is 3. The normalized spacial score (nSPS) is 36.0. The highest BCUT2D eigenvalue weighted by atomic mass is 16.7. The molecule has 1 amide bonds. The Kier molecular flexibility index (Phi) is 14.9. The van der Waals surface area contributed by atoms with Crippen molar-refractivity contribution in [2.45, 2.75) is 154 Å². The van der Waals surface area contributed by atoms with Crippen LogP contribution in [0.15, 0.2) is 30.6 Å². The monoisotopic (exact) mass is 799 g/mol. The molecule has 0 aromatic carbocycles. The molecular weight excluding hydrogens is 734 g/mol. The number of pyridine rings is 1. The topological polar surface area (TPSA) is 180 Å². The number of aromatic nitrogens is 4. The van der Waals surface area contributed by atoms with Gasteiger partial charge in [0.15, 0.2) is 11.9 Å². The van der Waals surface area contributed by atoms with Crippen LogP contribution < -0.4 is 5.32 Å². The van der Waals surface area contributed by atoms with Gasteiger partial charge < -0.3 is 39.0 Å². The van der Waals surface area contributed by atoms with Crippen LogP contribution in [0.25, 0.3) is 11.4 Å². The number of aliphatic hydroxyl groups excluding tert-OH is 1. The van der Waals surface area contributed by atoms with E-state index in [2.05, 4.69) is 27.5 Å². The fraction of sp³-hybridized carbons (Fsp3) is 0.756. The highest BCUT2D eigenvalue weighted by Gasteiger charge is 2.58. The van der Waals surface area contributed by atoms with Gasteiger partial charge in [0.05, 0.1) is 35.7 Å². The molecule has 0 bridgehead atoms. The van der Waals surface area contributed by atoms with Crippen LogP contribution in [-0.2, 0) is 39.8 Å². The predicted octanol–water partition coefficient (Wildman–Crippen LogP) is 3.85. The molecule has 0 saturated carbocycles. The predicted molar refractivity (Wildman–Crippen MR) is 211 cm³/mol. The number of ketones is 1. The van der Waals surface area contributed by atoms with Crippen molar-refractivity contribution < 1.29 is 43.2 Å². The molecule has 318 valence electrons. The third-order valence-corrected chi connectivity index (χ3v) is 12.2. The van der Waals surface area contributed by atoms with Crippen molar-refractivity contribution in [1.29, 1.82) is 0 Å². The first kappa shape index (κ1) is 44.6. The number of aryl methyl sites for hydroxylation is 1. The van der Waals surface area contributed by atoms with E-state index in [4.69, 9.17) is 23.7 Å². The first-order valence-electron chi connectivity index (χ1n) is 20.5. The minimum absolute atomic E-state index is 0.00281. The molecule has 12 atom stereocenters. The number of Topliss-reactive ketones (excluding diaryl/α,β-unsaturated/α-hetero) is 1. The number of hydrogen-bond donors (Lipinski definition) is 2. The second-order valence-corrected chi connectivity index (χ2v) is 16.9. The van der Waals surface area contributed by atoms with Crippen molar-refractivity contribution in [3.63, 3.8) is 0 Å². The third-order valence-electron chi connectivity index (χ3n) is 12.2. The second-order valence-electron chi connectivity index (χ2n) is 16.9. The zero-order valence-corrected chi connectivity index (χ0v) is 35.4. The van der Waals surface area contributed by atoms with Crippen LogP contribution in [0.5, 0.6) is 0 Å². The van der Waals surface area contributed by atoms with E-state index in [-0.39, 0.29) is 30.5 Å². The van der Waals surface area contributed by atoms with E-state index < -0.39 is 65.6 Å². The second kappa shape index (κ2) is 19.0. The molecule has 2 N–H and O–H groups in total. The first-order chi connectivity index (χ1) is 27.0. The average Bonchev–Trinajstić information content (AvgIpc) is 3.76. The number of ether oxygens (including phenoxy) is 5. The van der Waals surface area contributed by atoms with Gasteiger partial charge in [-0.25, -0.2) is 4.79 Å². The molecule has 3 aliphatic heterocycles. The lowest BCUT2D eigenvalue weighted by molar-refractivity contribution is -0.289. The van der Waals surface area contributed by atoms with E-state index >= 15 is 0 Å². The Morgan fingerprint density at radius 2 is 1.81 bits per heavy atom. The van der Waals surface area contributed by atoms with Gasteiger partial charge in [0.2, 0.25) is 0 Å². The molecule has 3 saturated heterocycles. The summed E-state index contributed by atoms with van der Waals surface area (Å²) in [5.41, 5.74) is -0.795. The van der Waals surface area contributed by atoms with Crippen molar-refractivity contribution in [1.82, 2.24) is 35.1 Å². The van der Waals surface area contributed by atoms with Crippen molar-refractivity contribution in [3.8, 4) is 11.4 Å². The maximum absolute atomic E-state index is 14.0. The van der Waals surface area contributed by atoms with E-state index in [1.165, 1.54) is 6.92 Å². The van der Waals surface area contributed by atoms with E-state index in [0.717, 1.165) is 12.1 Å². The fourth-order valence-corrected chi connectivity index (χ4v) is 8.75. The van der Waals surface area contributed by atoms with Gasteiger partial charge in [-0.15, -0.1) is 5.10 Å². The molecule has 2 aromatic rings. The number of methoxy groups -OCH3 is 1. The minimum atomic E-state index is -1.22. The lowest BCUT2D eigenvalue weighted by Crippen LogP contribution is -2.61. The number of nitrogens with one attached hydrogen (secondary N) is 1. The van der Waals surface area contributed by atoms with Gasteiger partial charge in [0.1, 0.15) is 29.6 Å². The van der Waals surface area contributed by atoms with Crippen LogP contribution in [0.2, 0.25) is 0 Å². The molecule has 5 heterocycles. The zero-order valence-electron chi connectivity index (χ0n) is 35.4. The summed E-state index contributed by atoms with van der Waals surface area (Å²) >= 11 is 0. The molecule has 16 heteroatoms. The Balaban J connectivity index is 1.36. The molecule has 4 unspecified atom stereocenters. The number of unbranched alkanes of at least 4 members (excludes halogenated alkanes) is 1. The molecule has 3 fully saturated rings. The van der Waals surface area contributed by atoms with Gasteiger partial charge in [0, 0.05) is 44.9 Å². The molecule has 0 aliphatic carbocycles. The van der Waals surface area contributed by atoms with Gasteiger partial charge >= 0.3 is 12.1 Å². The van der Waals surface area contributed by atoms with Crippen molar-refractivity contribution in [2.24, 2.45) is 11.8 Å². The van der Waals surface area contributed by atoms with Crippen molar-refractivity contribution in [2.75, 3.05) is 34.3 Å². The SMILES string of the molecule is CC[C@H]1OC(=O)C(C)C(=O)C[C@@H](O[C@@H]2OC(C)CC(N(C)C)C2O)[C@](C)(OC)C[C@@H](C)CN[C@H](C)[C@H]2N(CCCCn3cc(-c4ccccn4)nn3)C(=O)O[C@]12C. The van der Waals surface area contributed by atoms with Crippen LogP contribution in [0.4, 0.5) is 4.79 Å². The number of nitrogens with zero attached hydrogens (tertiary/aromatic N) is 6. The Morgan fingerprint density at radius 1 is 1.07 bits per heavy atom. The number of amides is 1. The highest BCUT2D eigenvalue weighted by molar-refractivity contribution is 5.99. The largest absolute Gasteiger partial charge is 0.458 e. The lowest BCUT2D eigenvalue weighted by atomic mass is 9.83. The maximum Gasteiger partial charge on any atom is 0.410 e. The molecule has 57 heavy (non-hydrogen) atoms. The van der Waals surface area contributed by atoms with Gasteiger partial charge in [-0.1, -0.05) is 25.1 Å². The summed E-state index contributed by atoms with van der Waals surface area (Å²) in [6.07, 6.45) is 1.85. The zero-order chi connectivity index (χ0) is 41.7. The molecule has 0 radical (unpaired) electrons. The number of fused-ring (bicyclic) bond motifs is 1. The minimum Gasteiger partial charge on any atom is -0.458 e. The summed E-state index contributed by atoms with van der Waals surface area (Å²) in [6, 6.07) is 4.63. The van der Waals surface area contributed by atoms with E-state index in [1.54, 1.807) is 22.9 Å². The molecule has 0 spiro atoms. The standard InChI is InChI=1S/C41H65N7O9/c1-11-33-41(7)36(48(39(52)57-41)19-15-14-18-47-24-30(44-45-47)29-16-12-13-17-42-29)28(5)43-23-25(2)22-40(6,53-10)34(21-32(49)27(4)37(51)55-33)56-38-35(50)31(46(8)9)20-26(3)54-38/h12-13,16-17,24-28,31,33-36,38,43,50H,11,14-15,18-23H2,1-10H3/t25-,26?,27?,28-,31?,33-,34-,35?,36-,38+,40-,41-/m1/s1. The molecule has 3 aliphatic rings. The summed E-state index contributed by atoms with van der Waals surface area (Å²) < 4.78 is 33.0. The Labute approximate surface area is 337 Å². The average molecular weight is 800 g/mol. The Morgan fingerprint density at radius 3 is 2.47 bits per heavy atom. The van der Waals surface area contributed by atoms with E-state index in [0.29, 0.717) is 51.0 Å². The maximum atomic E-state index is 14.0. The van der Waals surface area contributed by atoms with Gasteiger partial charge in [-0.2, -0.15) is 0 Å². The lowest BCUT2D eigenvalue weighted by Gasteiger charge is -2.45. The number of esters is 1. The van der Waals surface area contributed by atoms with Crippen LogP contribution >= 0.6 is 0 Å². The van der Waals surface area contributed by atoms with Gasteiger partial charge in [0.25, 0.3) is 0 Å². The Hall–Kier alpha value is -3.54. The quantitative estimate of drug-likeness (QED) is 0.190. The van der Waals surface area contributed by atoms with Crippen LogP contribution in [0.1, 0.15) is 87.0 Å². The summed E-state index contributed by atoms with van der Waals surface area (Å²) in [4.78, 5) is 49.7. The van der Waals surface area contributed by atoms with Crippen LogP contribution in [0, 0.1) is 11.8 Å². The Bertz CT molecular complexity index is 1650. The van der Waals surface area contributed by atoms with Crippen LogP contribution in [0.3, 0.4) is 0 Å². The van der Waals surface area contributed by atoms with E-state index in [9.17, 15) is 19.5 Å². The summed E-state index contributed by atoms with van der Waals surface area (Å²) in [6.45, 7) is 14.7. The third kappa shape index (κ3) is 10.2. The molecule has 2 aromatic heterocycles. The molecular formula is C41H65N7O9. The number of rotatable bonds is 11. The van der Waals surface area contributed by atoms with E-state index in [1.807, 2.05) is 78.0 Å². The number of cyclic esters (lactones) is 1. The summed E-state index contributed by atoms with van der Waals surface area (Å²) in [5, 5.41) is 23.5. The molecule has 16 nitrogen and oxygen atoms in total. The van der Waals surface area contributed by atoms with Crippen molar-refractivity contribution >= 4 is 17.8 Å². The number of carbonyl (C=O) groups is 3. The number of likely N-dealkylation sites (N-methyl/N-ethyl adjacent to an activating group) is 1. The molecule has 5 rings (SSSR count). The highest BCUT2D eigenvalue weighted by Crippen LogP contribution is 2.39. The number of aliphatic hydroxyl groups is 1. The smallest absolute Gasteiger partial charge is 0.410 e. The van der Waals surface area contributed by atoms with Crippen molar-refractivity contribution in [3.05, 3.63) is 30.6 Å². The number of hydrogen-bond acceptors (Lipinski definition) is 14. The summed E-state index contributed by atoms with van der Waals surface area (Å²) in [7, 11) is 5.38. The van der Waals surface area contributed by atoms with Crippen LogP contribution in [-0.4, -0.2) is 147 Å². The fourth-order valence-electron chi connectivity index (χ4n) is 8.75.